The van der Waals surface area contributed by atoms with Crippen LogP contribution < -0.4 is 4.74 Å². The summed E-state index contributed by atoms with van der Waals surface area (Å²) in [6.45, 7) is 7.95. The van der Waals surface area contributed by atoms with Gasteiger partial charge in [-0.05, 0) is 129 Å². The summed E-state index contributed by atoms with van der Waals surface area (Å²) >= 11 is 0. The van der Waals surface area contributed by atoms with Gasteiger partial charge in [-0.25, -0.2) is 4.39 Å². The van der Waals surface area contributed by atoms with E-state index >= 15 is 0 Å². The van der Waals surface area contributed by atoms with Crippen LogP contribution in [0.15, 0.2) is 48.2 Å². The Kier molecular flexibility index (Phi) is 9.49. The minimum atomic E-state index is -0.217. The molecule has 1 aliphatic heterocycles. The zero-order chi connectivity index (χ0) is 28.1. The molecular weight excluding hydrogens is 503 g/mol. The van der Waals surface area contributed by atoms with Crippen LogP contribution in [0.5, 0.6) is 5.75 Å². The second-order valence-corrected chi connectivity index (χ2v) is 11.9. The fourth-order valence-corrected chi connectivity index (χ4v) is 6.94. The Balaban J connectivity index is 1.29. The molecule has 5 rings (SSSR count). The van der Waals surface area contributed by atoms with E-state index in [4.69, 9.17) is 14.2 Å². The lowest BCUT2D eigenvalue weighted by atomic mass is 9.77. The normalized spacial score (nSPS) is 26.3. The molecule has 2 fully saturated rings. The fraction of sp³-hybridized carbons (Fsp3) is 0.571. The minimum absolute atomic E-state index is 0.0280. The van der Waals surface area contributed by atoms with Gasteiger partial charge >= 0.3 is 5.97 Å². The number of ether oxygens (including phenoxy) is 3. The van der Waals surface area contributed by atoms with Crippen LogP contribution in [0.3, 0.4) is 0 Å². The van der Waals surface area contributed by atoms with E-state index in [0.29, 0.717) is 36.9 Å². The van der Waals surface area contributed by atoms with E-state index < -0.39 is 0 Å². The molecule has 0 spiro atoms. The second kappa shape index (κ2) is 13.2. The molecule has 3 unspecified atom stereocenters. The van der Waals surface area contributed by atoms with Crippen molar-refractivity contribution in [3.63, 3.8) is 0 Å². The lowest BCUT2D eigenvalue weighted by molar-refractivity contribution is -0.149. The molecule has 216 valence electrons. The first-order valence-corrected chi connectivity index (χ1v) is 15.5. The molecule has 2 saturated carbocycles. The van der Waals surface area contributed by atoms with Crippen molar-refractivity contribution in [1.82, 2.24) is 0 Å². The van der Waals surface area contributed by atoms with Crippen molar-refractivity contribution in [2.24, 2.45) is 23.7 Å². The Morgan fingerprint density at radius 3 is 2.45 bits per heavy atom. The molecule has 5 heteroatoms. The highest BCUT2D eigenvalue weighted by Gasteiger charge is 2.39. The first kappa shape index (κ1) is 28.7. The Bertz CT molecular complexity index is 1180. The maximum Gasteiger partial charge on any atom is 0.308 e. The summed E-state index contributed by atoms with van der Waals surface area (Å²) in [5, 5.41) is 0. The average Bonchev–Trinajstić information content (AvgIpc) is 3.78. The third-order valence-electron chi connectivity index (χ3n) is 9.28. The SMILES string of the molecule is CCOC(=O)C1CCC(C2=COCC(Cc3cc(OCC)c(-c4ccc(F)cc4)c(C4CC4CC)c3)CC2)CC1. The first-order valence-electron chi connectivity index (χ1n) is 15.5. The van der Waals surface area contributed by atoms with Crippen molar-refractivity contribution in [3.8, 4) is 16.9 Å². The van der Waals surface area contributed by atoms with Crippen LogP contribution in [0, 0.1) is 29.5 Å². The zero-order valence-electron chi connectivity index (χ0n) is 24.4. The van der Waals surface area contributed by atoms with Crippen LogP contribution in [0.1, 0.15) is 89.2 Å². The third-order valence-corrected chi connectivity index (χ3v) is 9.28. The lowest BCUT2D eigenvalue weighted by Gasteiger charge is -2.28. The van der Waals surface area contributed by atoms with Crippen LogP contribution in [0.4, 0.5) is 4.39 Å². The Morgan fingerprint density at radius 2 is 1.77 bits per heavy atom. The summed E-state index contributed by atoms with van der Waals surface area (Å²) in [5.41, 5.74) is 6.23. The predicted molar refractivity (Wildman–Crippen MR) is 157 cm³/mol. The zero-order valence-corrected chi connectivity index (χ0v) is 24.4. The van der Waals surface area contributed by atoms with Gasteiger partial charge in [-0.1, -0.05) is 31.5 Å². The quantitative estimate of drug-likeness (QED) is 0.279. The first-order chi connectivity index (χ1) is 19.5. The summed E-state index contributed by atoms with van der Waals surface area (Å²) < 4.78 is 31.4. The number of esters is 1. The van der Waals surface area contributed by atoms with E-state index in [2.05, 4.69) is 19.1 Å². The number of rotatable bonds is 10. The van der Waals surface area contributed by atoms with Gasteiger partial charge in [-0.3, -0.25) is 4.79 Å². The molecule has 2 aromatic rings. The summed E-state index contributed by atoms with van der Waals surface area (Å²) in [6, 6.07) is 11.5. The molecule has 2 aliphatic carbocycles. The average molecular weight is 549 g/mol. The molecule has 0 bridgehead atoms. The van der Waals surface area contributed by atoms with Crippen LogP contribution in [0.2, 0.25) is 0 Å². The second-order valence-electron chi connectivity index (χ2n) is 11.9. The number of allylic oxidation sites excluding steroid dienone is 1. The molecule has 3 aliphatic rings. The van der Waals surface area contributed by atoms with E-state index in [1.807, 2.05) is 32.2 Å². The molecule has 0 saturated heterocycles. The standard InChI is InChI=1S/C35H45FO4/c1-4-25-20-31(25)32-18-24(19-33(39-5-2)34(32)27-13-15-30(36)16-14-27)17-23-7-8-29(22-38-21-23)26-9-11-28(12-10-26)35(37)40-6-3/h13-16,18-19,22-23,25-26,28,31H,4-12,17,20-21H2,1-3H3. The number of halogens is 1. The largest absolute Gasteiger partial charge is 0.501 e. The maximum atomic E-state index is 13.8. The summed E-state index contributed by atoms with van der Waals surface area (Å²) in [4.78, 5) is 12.2. The highest BCUT2D eigenvalue weighted by Crippen LogP contribution is 2.54. The molecule has 0 amide bonds. The minimum Gasteiger partial charge on any atom is -0.501 e. The van der Waals surface area contributed by atoms with Crippen molar-refractivity contribution < 1.29 is 23.4 Å². The predicted octanol–water partition coefficient (Wildman–Crippen LogP) is 8.63. The van der Waals surface area contributed by atoms with Gasteiger partial charge in [-0.2, -0.15) is 0 Å². The summed E-state index contributed by atoms with van der Waals surface area (Å²) in [5.74, 6) is 2.91. The Hall–Kier alpha value is -2.82. The number of benzene rings is 2. The van der Waals surface area contributed by atoms with E-state index in [0.717, 1.165) is 68.4 Å². The molecule has 2 aromatic carbocycles. The number of carbonyl (C=O) groups excluding carboxylic acids is 1. The highest BCUT2D eigenvalue weighted by atomic mass is 19.1. The van der Waals surface area contributed by atoms with Gasteiger partial charge < -0.3 is 14.2 Å². The van der Waals surface area contributed by atoms with E-state index in [1.54, 1.807) is 12.1 Å². The molecule has 3 atom stereocenters. The molecule has 0 aromatic heterocycles. The van der Waals surface area contributed by atoms with Crippen LogP contribution in [-0.4, -0.2) is 25.8 Å². The van der Waals surface area contributed by atoms with Gasteiger partial charge in [0.05, 0.1) is 32.0 Å². The van der Waals surface area contributed by atoms with Crippen LogP contribution >= 0.6 is 0 Å². The van der Waals surface area contributed by atoms with Crippen molar-refractivity contribution in [2.45, 2.75) is 84.5 Å². The third kappa shape index (κ3) is 6.72. The molecule has 4 nitrogen and oxygen atoms in total. The molecule has 40 heavy (non-hydrogen) atoms. The molecule has 0 radical (unpaired) electrons. The topological polar surface area (TPSA) is 44.8 Å². The van der Waals surface area contributed by atoms with Crippen molar-refractivity contribution >= 4 is 5.97 Å². The van der Waals surface area contributed by atoms with Gasteiger partial charge in [0.25, 0.3) is 0 Å². The fourth-order valence-electron chi connectivity index (χ4n) is 6.94. The molecule has 0 N–H and O–H groups in total. The van der Waals surface area contributed by atoms with Crippen LogP contribution in [-0.2, 0) is 20.7 Å². The van der Waals surface area contributed by atoms with E-state index in [1.165, 1.54) is 29.5 Å². The van der Waals surface area contributed by atoms with E-state index in [-0.39, 0.29) is 17.7 Å². The Labute approximate surface area is 239 Å². The van der Waals surface area contributed by atoms with Gasteiger partial charge in [0, 0.05) is 5.56 Å². The highest BCUT2D eigenvalue weighted by molar-refractivity contribution is 5.76. The maximum absolute atomic E-state index is 13.8. The number of hydrogen-bond donors (Lipinski definition) is 0. The molecular formula is C35H45FO4. The molecule has 1 heterocycles. The monoisotopic (exact) mass is 548 g/mol. The van der Waals surface area contributed by atoms with Crippen molar-refractivity contribution in [2.75, 3.05) is 19.8 Å². The van der Waals surface area contributed by atoms with Gasteiger partial charge in [0.2, 0.25) is 0 Å². The summed E-state index contributed by atoms with van der Waals surface area (Å²) in [6.07, 6.45) is 11.4. The van der Waals surface area contributed by atoms with E-state index in [9.17, 15) is 9.18 Å². The van der Waals surface area contributed by atoms with Crippen molar-refractivity contribution in [3.05, 3.63) is 65.2 Å². The van der Waals surface area contributed by atoms with Gasteiger partial charge in [-0.15, -0.1) is 0 Å². The summed E-state index contributed by atoms with van der Waals surface area (Å²) in [7, 11) is 0. The van der Waals surface area contributed by atoms with Gasteiger partial charge in [0.1, 0.15) is 11.6 Å². The van der Waals surface area contributed by atoms with Crippen molar-refractivity contribution in [1.29, 1.82) is 0 Å². The number of carbonyl (C=O) groups is 1. The number of hydrogen-bond acceptors (Lipinski definition) is 4. The van der Waals surface area contributed by atoms with Gasteiger partial charge in [0.15, 0.2) is 0 Å². The Morgan fingerprint density at radius 1 is 1.00 bits per heavy atom. The lowest BCUT2D eigenvalue weighted by Crippen LogP contribution is -2.24. The smallest absolute Gasteiger partial charge is 0.308 e. The van der Waals surface area contributed by atoms with Crippen LogP contribution in [0.25, 0.3) is 11.1 Å².